The summed E-state index contributed by atoms with van der Waals surface area (Å²) in [7, 11) is 1.65. The van der Waals surface area contributed by atoms with Crippen LogP contribution in [0, 0.1) is 5.92 Å². The molecule has 2 aromatic carbocycles. The van der Waals surface area contributed by atoms with Gasteiger partial charge in [-0.3, -0.25) is 0 Å². The standard InChI is InChI=1S/C23H30N2O4/c1-16(2)10-11-24-23(26)25-19(12-17-4-7-20(27-3)8-5-17)13-18-6-9-21-22(14-18)29-15-28-21/h4-9,14,16,19H,10-13,15H2,1-3H3,(H2,24,25,26)/t19-/m0/s1. The molecule has 0 spiro atoms. The molecule has 0 saturated carbocycles. The lowest BCUT2D eigenvalue weighted by Gasteiger charge is -2.20. The third-order valence-electron chi connectivity index (χ3n) is 4.90. The highest BCUT2D eigenvalue weighted by Gasteiger charge is 2.18. The van der Waals surface area contributed by atoms with Gasteiger partial charge < -0.3 is 24.8 Å². The van der Waals surface area contributed by atoms with E-state index < -0.39 is 0 Å². The number of carbonyl (C=O) groups is 1. The number of rotatable bonds is 9. The van der Waals surface area contributed by atoms with E-state index in [-0.39, 0.29) is 18.9 Å². The van der Waals surface area contributed by atoms with Gasteiger partial charge in [0.1, 0.15) is 5.75 Å². The molecule has 0 unspecified atom stereocenters. The highest BCUT2D eigenvalue weighted by Crippen LogP contribution is 2.33. The number of urea groups is 1. The molecule has 156 valence electrons. The van der Waals surface area contributed by atoms with E-state index in [0.717, 1.165) is 41.2 Å². The van der Waals surface area contributed by atoms with Gasteiger partial charge in [0.2, 0.25) is 6.79 Å². The first-order valence-electron chi connectivity index (χ1n) is 10.1. The molecule has 0 bridgehead atoms. The summed E-state index contributed by atoms with van der Waals surface area (Å²) < 4.78 is 16.1. The van der Waals surface area contributed by atoms with Crippen LogP contribution in [0.1, 0.15) is 31.4 Å². The van der Waals surface area contributed by atoms with Gasteiger partial charge in [-0.05, 0) is 60.6 Å². The molecule has 6 nitrogen and oxygen atoms in total. The number of carbonyl (C=O) groups excluding carboxylic acids is 1. The molecule has 0 aliphatic carbocycles. The van der Waals surface area contributed by atoms with Crippen LogP contribution in [-0.4, -0.2) is 32.5 Å². The van der Waals surface area contributed by atoms with Crippen molar-refractivity contribution < 1.29 is 19.0 Å². The minimum absolute atomic E-state index is 0.0529. The van der Waals surface area contributed by atoms with Crippen molar-refractivity contribution in [3.63, 3.8) is 0 Å². The molecule has 29 heavy (non-hydrogen) atoms. The van der Waals surface area contributed by atoms with Gasteiger partial charge in [0.05, 0.1) is 7.11 Å². The topological polar surface area (TPSA) is 68.8 Å². The van der Waals surface area contributed by atoms with Crippen molar-refractivity contribution in [3.8, 4) is 17.2 Å². The summed E-state index contributed by atoms with van der Waals surface area (Å²) in [6.45, 7) is 5.21. The molecule has 1 aliphatic rings. The van der Waals surface area contributed by atoms with Gasteiger partial charge >= 0.3 is 6.03 Å². The summed E-state index contributed by atoms with van der Waals surface area (Å²) in [6, 6.07) is 13.7. The first-order chi connectivity index (χ1) is 14.0. The van der Waals surface area contributed by atoms with Gasteiger partial charge in [-0.2, -0.15) is 0 Å². The van der Waals surface area contributed by atoms with Crippen molar-refractivity contribution in [3.05, 3.63) is 53.6 Å². The SMILES string of the molecule is COc1ccc(C[C@@H](Cc2ccc3c(c2)OCO3)NC(=O)NCCC(C)C)cc1. The second kappa shape index (κ2) is 10.0. The van der Waals surface area contributed by atoms with Crippen LogP contribution >= 0.6 is 0 Å². The molecule has 6 heteroatoms. The van der Waals surface area contributed by atoms with Gasteiger partial charge in [-0.1, -0.05) is 32.0 Å². The molecule has 0 radical (unpaired) electrons. The van der Waals surface area contributed by atoms with Crippen LogP contribution in [0.5, 0.6) is 17.2 Å². The maximum atomic E-state index is 12.4. The number of hydrogen-bond donors (Lipinski definition) is 2. The molecule has 1 aliphatic heterocycles. The summed E-state index contributed by atoms with van der Waals surface area (Å²) in [6.07, 6.45) is 2.37. The Bertz CT molecular complexity index is 805. The third-order valence-corrected chi connectivity index (χ3v) is 4.90. The molecular weight excluding hydrogens is 368 g/mol. The van der Waals surface area contributed by atoms with Crippen LogP contribution in [-0.2, 0) is 12.8 Å². The van der Waals surface area contributed by atoms with Crippen LogP contribution < -0.4 is 24.8 Å². The van der Waals surface area contributed by atoms with E-state index in [2.05, 4.69) is 24.5 Å². The van der Waals surface area contributed by atoms with Crippen molar-refractivity contribution in [2.75, 3.05) is 20.4 Å². The van der Waals surface area contributed by atoms with E-state index in [4.69, 9.17) is 14.2 Å². The normalized spacial score (nSPS) is 13.2. The van der Waals surface area contributed by atoms with Crippen LogP contribution in [0.25, 0.3) is 0 Å². The van der Waals surface area contributed by atoms with Gasteiger partial charge in [0, 0.05) is 12.6 Å². The summed E-state index contributed by atoms with van der Waals surface area (Å²) in [4.78, 5) is 12.4. The third kappa shape index (κ3) is 6.31. The second-order valence-electron chi connectivity index (χ2n) is 7.72. The van der Waals surface area contributed by atoms with Crippen molar-refractivity contribution in [2.24, 2.45) is 5.92 Å². The number of methoxy groups -OCH3 is 1. The molecule has 1 heterocycles. The Kier molecular flexibility index (Phi) is 7.22. The first kappa shape index (κ1) is 20.8. The zero-order valence-electron chi connectivity index (χ0n) is 17.4. The van der Waals surface area contributed by atoms with Gasteiger partial charge in [0.25, 0.3) is 0 Å². The number of hydrogen-bond acceptors (Lipinski definition) is 4. The van der Waals surface area contributed by atoms with Crippen molar-refractivity contribution in [1.82, 2.24) is 10.6 Å². The second-order valence-corrected chi connectivity index (χ2v) is 7.72. The van der Waals surface area contributed by atoms with E-state index in [0.29, 0.717) is 18.9 Å². The number of ether oxygens (including phenoxy) is 3. The fraction of sp³-hybridized carbons (Fsp3) is 0.435. The molecule has 0 aromatic heterocycles. The first-order valence-corrected chi connectivity index (χ1v) is 10.1. The average Bonchev–Trinajstić information content (AvgIpc) is 3.16. The van der Waals surface area contributed by atoms with E-state index in [9.17, 15) is 4.79 Å². The lowest BCUT2D eigenvalue weighted by atomic mass is 9.98. The minimum atomic E-state index is -0.134. The van der Waals surface area contributed by atoms with Gasteiger partial charge in [-0.25, -0.2) is 4.79 Å². The van der Waals surface area contributed by atoms with Crippen molar-refractivity contribution in [2.45, 2.75) is 39.2 Å². The molecule has 0 fully saturated rings. The lowest BCUT2D eigenvalue weighted by Crippen LogP contribution is -2.44. The zero-order chi connectivity index (χ0) is 20.6. The number of amides is 2. The number of benzene rings is 2. The van der Waals surface area contributed by atoms with E-state index in [1.54, 1.807) is 7.11 Å². The average molecular weight is 399 g/mol. The Morgan fingerprint density at radius 3 is 2.45 bits per heavy atom. The quantitative estimate of drug-likeness (QED) is 0.672. The number of nitrogens with one attached hydrogen (secondary N) is 2. The molecular formula is C23H30N2O4. The Hall–Kier alpha value is -2.89. The van der Waals surface area contributed by atoms with Gasteiger partial charge in [-0.15, -0.1) is 0 Å². The predicted molar refractivity (Wildman–Crippen MR) is 113 cm³/mol. The molecule has 0 saturated heterocycles. The zero-order valence-corrected chi connectivity index (χ0v) is 17.4. The fourth-order valence-corrected chi connectivity index (χ4v) is 3.28. The minimum Gasteiger partial charge on any atom is -0.497 e. The van der Waals surface area contributed by atoms with E-state index >= 15 is 0 Å². The molecule has 2 N–H and O–H groups in total. The van der Waals surface area contributed by atoms with Crippen molar-refractivity contribution >= 4 is 6.03 Å². The Morgan fingerprint density at radius 2 is 1.72 bits per heavy atom. The lowest BCUT2D eigenvalue weighted by molar-refractivity contribution is 0.174. The Balaban J connectivity index is 1.67. The summed E-state index contributed by atoms with van der Waals surface area (Å²) in [5.74, 6) is 2.89. The Morgan fingerprint density at radius 1 is 1.03 bits per heavy atom. The van der Waals surface area contributed by atoms with Crippen molar-refractivity contribution in [1.29, 1.82) is 0 Å². The molecule has 3 rings (SSSR count). The van der Waals surface area contributed by atoms with E-state index in [1.165, 1.54) is 0 Å². The number of fused-ring (bicyclic) bond motifs is 1. The summed E-state index contributed by atoms with van der Waals surface area (Å²) >= 11 is 0. The van der Waals surface area contributed by atoms with Crippen LogP contribution in [0.3, 0.4) is 0 Å². The van der Waals surface area contributed by atoms with E-state index in [1.807, 2.05) is 42.5 Å². The largest absolute Gasteiger partial charge is 0.497 e. The van der Waals surface area contributed by atoms with Crippen LogP contribution in [0.15, 0.2) is 42.5 Å². The highest BCUT2D eigenvalue weighted by molar-refractivity contribution is 5.74. The van der Waals surface area contributed by atoms with Gasteiger partial charge in [0.15, 0.2) is 11.5 Å². The monoisotopic (exact) mass is 398 g/mol. The molecule has 2 aromatic rings. The molecule has 2 amide bonds. The smallest absolute Gasteiger partial charge is 0.315 e. The maximum absolute atomic E-state index is 12.4. The predicted octanol–water partition coefficient (Wildman–Crippen LogP) is 3.92. The van der Waals surface area contributed by atoms with Crippen LogP contribution in [0.4, 0.5) is 4.79 Å². The maximum Gasteiger partial charge on any atom is 0.315 e. The van der Waals surface area contributed by atoms with Crippen LogP contribution in [0.2, 0.25) is 0 Å². The summed E-state index contributed by atoms with van der Waals surface area (Å²) in [5.41, 5.74) is 2.23. The highest BCUT2D eigenvalue weighted by atomic mass is 16.7. The fourth-order valence-electron chi connectivity index (χ4n) is 3.28. The summed E-state index contributed by atoms with van der Waals surface area (Å²) in [5, 5.41) is 6.09. The Labute approximate surface area is 172 Å². The molecule has 1 atom stereocenters.